The molecule has 2 N–H and O–H groups in total. The molecule has 0 aliphatic heterocycles. The van der Waals surface area contributed by atoms with E-state index in [0.717, 1.165) is 29.5 Å². The van der Waals surface area contributed by atoms with Gasteiger partial charge in [0.1, 0.15) is 11.3 Å². The number of rotatable bonds is 5. The summed E-state index contributed by atoms with van der Waals surface area (Å²) in [6.45, 7) is 4.42. The van der Waals surface area contributed by atoms with E-state index < -0.39 is 5.63 Å². The first-order valence-corrected chi connectivity index (χ1v) is 8.16. The number of fused-ring (bicyclic) bond motifs is 1. The van der Waals surface area contributed by atoms with Gasteiger partial charge in [-0.2, -0.15) is 0 Å². The van der Waals surface area contributed by atoms with Crippen LogP contribution in [0.4, 0.5) is 5.69 Å². The third-order valence-electron chi connectivity index (χ3n) is 4.19. The van der Waals surface area contributed by atoms with Gasteiger partial charge in [-0.1, -0.05) is 25.5 Å². The predicted octanol–water partition coefficient (Wildman–Crippen LogP) is 4.37. The van der Waals surface area contributed by atoms with Crippen LogP contribution in [0, 0.1) is 6.92 Å². The summed E-state index contributed by atoms with van der Waals surface area (Å²) in [4.78, 5) is 11.8. The maximum atomic E-state index is 11.8. The standard InChI is InChI=1S/C20H21NO3/c1-3-4-14-5-7-16(8-6-14)21-12-15-11-19(23)24-20-13(2)18(22)10-9-17(15)20/h5-11,21-22H,3-4,12H2,1-2H3. The summed E-state index contributed by atoms with van der Waals surface area (Å²) < 4.78 is 5.27. The van der Waals surface area contributed by atoms with Crippen molar-refractivity contribution in [2.45, 2.75) is 33.2 Å². The Morgan fingerprint density at radius 1 is 1.12 bits per heavy atom. The highest BCUT2D eigenvalue weighted by Gasteiger charge is 2.10. The lowest BCUT2D eigenvalue weighted by atomic mass is 10.1. The van der Waals surface area contributed by atoms with Crippen LogP contribution < -0.4 is 10.9 Å². The van der Waals surface area contributed by atoms with Crippen LogP contribution in [0.2, 0.25) is 0 Å². The van der Waals surface area contributed by atoms with Gasteiger partial charge in [0.25, 0.3) is 0 Å². The normalized spacial score (nSPS) is 10.9. The third kappa shape index (κ3) is 3.27. The Morgan fingerprint density at radius 2 is 1.88 bits per heavy atom. The molecule has 0 atom stereocenters. The molecule has 0 bridgehead atoms. The summed E-state index contributed by atoms with van der Waals surface area (Å²) in [5, 5.41) is 14.0. The molecule has 3 aromatic rings. The Kier molecular flexibility index (Phi) is 4.56. The minimum atomic E-state index is -0.411. The molecule has 2 aromatic carbocycles. The van der Waals surface area contributed by atoms with Crippen molar-refractivity contribution in [1.29, 1.82) is 0 Å². The van der Waals surface area contributed by atoms with Gasteiger partial charge >= 0.3 is 5.63 Å². The second-order valence-corrected chi connectivity index (χ2v) is 5.98. The van der Waals surface area contributed by atoms with Gasteiger partial charge in [0.2, 0.25) is 0 Å². The first-order chi connectivity index (χ1) is 11.6. The molecule has 1 aromatic heterocycles. The van der Waals surface area contributed by atoms with Gasteiger partial charge in [-0.15, -0.1) is 0 Å². The summed E-state index contributed by atoms with van der Waals surface area (Å²) in [5.41, 5.74) is 3.79. The molecule has 0 spiro atoms. The zero-order valence-electron chi connectivity index (χ0n) is 13.9. The molecule has 0 fully saturated rings. The number of phenolic OH excluding ortho intramolecular Hbond substituents is 1. The van der Waals surface area contributed by atoms with Crippen LogP contribution in [0.5, 0.6) is 5.75 Å². The fraction of sp³-hybridized carbons (Fsp3) is 0.250. The average molecular weight is 323 g/mol. The molecule has 124 valence electrons. The Bertz CT molecular complexity index is 911. The van der Waals surface area contributed by atoms with E-state index in [2.05, 4.69) is 36.5 Å². The number of anilines is 1. The molecule has 24 heavy (non-hydrogen) atoms. The van der Waals surface area contributed by atoms with E-state index in [1.54, 1.807) is 19.1 Å². The number of aromatic hydroxyl groups is 1. The van der Waals surface area contributed by atoms with Crippen molar-refractivity contribution < 1.29 is 9.52 Å². The van der Waals surface area contributed by atoms with Crippen LogP contribution in [0.1, 0.15) is 30.0 Å². The van der Waals surface area contributed by atoms with E-state index in [4.69, 9.17) is 4.42 Å². The van der Waals surface area contributed by atoms with E-state index in [1.807, 2.05) is 0 Å². The topological polar surface area (TPSA) is 62.5 Å². The molecule has 4 heteroatoms. The van der Waals surface area contributed by atoms with Crippen LogP contribution >= 0.6 is 0 Å². The van der Waals surface area contributed by atoms with E-state index in [1.165, 1.54) is 11.6 Å². The quantitative estimate of drug-likeness (QED) is 0.684. The molecular formula is C20H21NO3. The van der Waals surface area contributed by atoms with Gasteiger partial charge in [-0.25, -0.2) is 4.79 Å². The highest BCUT2D eigenvalue weighted by atomic mass is 16.4. The summed E-state index contributed by atoms with van der Waals surface area (Å²) in [7, 11) is 0. The molecule has 0 aliphatic rings. The molecule has 0 saturated carbocycles. The number of nitrogens with one attached hydrogen (secondary N) is 1. The van der Waals surface area contributed by atoms with Gasteiger partial charge in [0, 0.05) is 29.2 Å². The molecular weight excluding hydrogens is 302 g/mol. The summed E-state index contributed by atoms with van der Waals surface area (Å²) in [6.07, 6.45) is 2.21. The van der Waals surface area contributed by atoms with Crippen LogP contribution in [-0.2, 0) is 13.0 Å². The maximum Gasteiger partial charge on any atom is 0.336 e. The Balaban J connectivity index is 1.87. The number of benzene rings is 2. The third-order valence-corrected chi connectivity index (χ3v) is 4.19. The number of hydrogen-bond donors (Lipinski definition) is 2. The van der Waals surface area contributed by atoms with Crippen LogP contribution in [0.15, 0.2) is 51.7 Å². The van der Waals surface area contributed by atoms with Crippen LogP contribution in [0.25, 0.3) is 11.0 Å². The van der Waals surface area contributed by atoms with E-state index in [-0.39, 0.29) is 5.75 Å². The summed E-state index contributed by atoms with van der Waals surface area (Å²) in [6, 6.07) is 13.2. The molecule has 0 unspecified atom stereocenters. The highest BCUT2D eigenvalue weighted by Crippen LogP contribution is 2.27. The Morgan fingerprint density at radius 3 is 2.58 bits per heavy atom. The van der Waals surface area contributed by atoms with Crippen molar-refractivity contribution in [3.63, 3.8) is 0 Å². The van der Waals surface area contributed by atoms with Crippen LogP contribution in [-0.4, -0.2) is 5.11 Å². The largest absolute Gasteiger partial charge is 0.508 e. The zero-order chi connectivity index (χ0) is 17.1. The first-order valence-electron chi connectivity index (χ1n) is 8.16. The zero-order valence-corrected chi connectivity index (χ0v) is 13.9. The molecule has 0 radical (unpaired) electrons. The lowest BCUT2D eigenvalue weighted by Crippen LogP contribution is -2.06. The minimum absolute atomic E-state index is 0.127. The van der Waals surface area contributed by atoms with Crippen molar-refractivity contribution in [1.82, 2.24) is 0 Å². The fourth-order valence-corrected chi connectivity index (χ4v) is 2.84. The molecule has 0 saturated heterocycles. The fourth-order valence-electron chi connectivity index (χ4n) is 2.84. The number of phenols is 1. The van der Waals surface area contributed by atoms with Gasteiger partial charge in [0.15, 0.2) is 0 Å². The SMILES string of the molecule is CCCc1ccc(NCc2cc(=O)oc3c(C)c(O)ccc23)cc1. The van der Waals surface area contributed by atoms with Gasteiger partial charge in [0.05, 0.1) is 0 Å². The lowest BCUT2D eigenvalue weighted by molar-refractivity contribution is 0.468. The first kappa shape index (κ1) is 16.1. The average Bonchev–Trinajstić information content (AvgIpc) is 2.58. The highest BCUT2D eigenvalue weighted by molar-refractivity contribution is 5.85. The van der Waals surface area contributed by atoms with Gasteiger partial charge in [-0.05, 0) is 48.7 Å². The van der Waals surface area contributed by atoms with Crippen molar-refractivity contribution >= 4 is 16.7 Å². The second-order valence-electron chi connectivity index (χ2n) is 5.98. The van der Waals surface area contributed by atoms with Crippen molar-refractivity contribution in [2.75, 3.05) is 5.32 Å². The smallest absolute Gasteiger partial charge is 0.336 e. The summed E-state index contributed by atoms with van der Waals surface area (Å²) >= 11 is 0. The van der Waals surface area contributed by atoms with Crippen LogP contribution in [0.3, 0.4) is 0 Å². The van der Waals surface area contributed by atoms with E-state index in [0.29, 0.717) is 17.7 Å². The van der Waals surface area contributed by atoms with Gasteiger partial charge < -0.3 is 14.8 Å². The second kappa shape index (κ2) is 6.79. The van der Waals surface area contributed by atoms with Gasteiger partial charge in [-0.3, -0.25) is 0 Å². The predicted molar refractivity (Wildman–Crippen MR) is 96.6 cm³/mol. The molecule has 3 rings (SSSR count). The van der Waals surface area contributed by atoms with E-state index in [9.17, 15) is 9.90 Å². The lowest BCUT2D eigenvalue weighted by Gasteiger charge is -2.11. The Labute approximate surface area is 140 Å². The molecule has 0 amide bonds. The van der Waals surface area contributed by atoms with E-state index >= 15 is 0 Å². The summed E-state index contributed by atoms with van der Waals surface area (Å²) in [5.74, 6) is 0.127. The molecule has 4 nitrogen and oxygen atoms in total. The number of aryl methyl sites for hydroxylation is 2. The van der Waals surface area contributed by atoms with Crippen molar-refractivity contribution in [3.05, 3.63) is 69.6 Å². The monoisotopic (exact) mass is 323 g/mol. The Hall–Kier alpha value is -2.75. The number of hydrogen-bond acceptors (Lipinski definition) is 4. The molecule has 0 aliphatic carbocycles. The minimum Gasteiger partial charge on any atom is -0.508 e. The van der Waals surface area contributed by atoms with Crippen molar-refractivity contribution in [3.8, 4) is 5.75 Å². The van der Waals surface area contributed by atoms with Crippen molar-refractivity contribution in [2.24, 2.45) is 0 Å². The maximum absolute atomic E-state index is 11.8. The molecule has 1 heterocycles.